The van der Waals surface area contributed by atoms with Crippen LogP contribution in [-0.2, 0) is 29.0 Å². The van der Waals surface area contributed by atoms with E-state index in [2.05, 4.69) is 19.2 Å². The second-order valence-electron chi connectivity index (χ2n) is 8.20. The topological polar surface area (TPSA) is 78.2 Å². The minimum Gasteiger partial charge on any atom is -0.372 e. The van der Waals surface area contributed by atoms with Gasteiger partial charge in [0, 0.05) is 17.9 Å². The molecule has 0 spiro atoms. The number of ether oxygens (including phenoxy) is 2. The standard InChI is InChI=1S/C19H25N5O2S/c1-11-21-18-16(13-7-19(2,3)26-10-14(13)27-18)17-22-15(23-24(11)17)9-20-8-12-5-4-6-25-12/h12,20H,4-10H2,1-3H3/p+1/t12-/m0/s1. The van der Waals surface area contributed by atoms with Gasteiger partial charge in [0.15, 0.2) is 5.65 Å². The van der Waals surface area contributed by atoms with Gasteiger partial charge in [-0.1, -0.05) is 0 Å². The van der Waals surface area contributed by atoms with Gasteiger partial charge < -0.3 is 14.8 Å². The van der Waals surface area contributed by atoms with Crippen molar-refractivity contribution >= 4 is 27.2 Å². The van der Waals surface area contributed by atoms with Crippen molar-refractivity contribution < 1.29 is 14.8 Å². The molecule has 2 aliphatic heterocycles. The van der Waals surface area contributed by atoms with E-state index >= 15 is 0 Å². The molecule has 5 heterocycles. The van der Waals surface area contributed by atoms with Crippen LogP contribution < -0.4 is 5.32 Å². The molecule has 0 saturated carbocycles. The molecule has 0 aliphatic carbocycles. The molecule has 2 N–H and O–H groups in total. The molecule has 144 valence electrons. The molecule has 3 aromatic rings. The van der Waals surface area contributed by atoms with Gasteiger partial charge in [0.1, 0.15) is 29.8 Å². The Bertz CT molecular complexity index is 1000. The first-order valence-corrected chi connectivity index (χ1v) is 10.6. The van der Waals surface area contributed by atoms with Gasteiger partial charge in [0.05, 0.1) is 17.6 Å². The van der Waals surface area contributed by atoms with Gasteiger partial charge in [-0.05, 0) is 39.2 Å². The third-order valence-electron chi connectivity index (χ3n) is 5.49. The number of nitrogens with zero attached hydrogens (tertiary/aromatic N) is 4. The predicted octanol–water partition coefficient (Wildman–Crippen LogP) is 1.74. The van der Waals surface area contributed by atoms with Crippen LogP contribution in [0.25, 0.3) is 15.9 Å². The fourth-order valence-corrected chi connectivity index (χ4v) is 5.24. The highest BCUT2D eigenvalue weighted by Gasteiger charge is 2.31. The number of aryl methyl sites for hydroxylation is 1. The zero-order chi connectivity index (χ0) is 18.6. The summed E-state index contributed by atoms with van der Waals surface area (Å²) in [5, 5.41) is 8.15. The predicted molar refractivity (Wildman–Crippen MR) is 103 cm³/mol. The molecule has 5 rings (SSSR count). The summed E-state index contributed by atoms with van der Waals surface area (Å²) in [5.41, 5.74) is 2.13. The summed E-state index contributed by atoms with van der Waals surface area (Å²) in [6.07, 6.45) is 3.61. The average molecular weight is 389 g/mol. The van der Waals surface area contributed by atoms with Crippen molar-refractivity contribution in [2.24, 2.45) is 0 Å². The van der Waals surface area contributed by atoms with E-state index in [0.29, 0.717) is 12.7 Å². The molecular weight excluding hydrogens is 362 g/mol. The Morgan fingerprint density at radius 1 is 1.33 bits per heavy atom. The largest absolute Gasteiger partial charge is 0.372 e. The Labute approximate surface area is 162 Å². The number of rotatable bonds is 4. The van der Waals surface area contributed by atoms with Crippen molar-refractivity contribution in [1.29, 1.82) is 0 Å². The number of thiophene rings is 1. The lowest BCUT2D eigenvalue weighted by atomic mass is 9.94. The Kier molecular flexibility index (Phi) is 4.19. The molecule has 27 heavy (non-hydrogen) atoms. The van der Waals surface area contributed by atoms with E-state index in [4.69, 9.17) is 24.5 Å². The van der Waals surface area contributed by atoms with Crippen molar-refractivity contribution in [3.05, 3.63) is 22.1 Å². The third-order valence-corrected chi connectivity index (χ3v) is 6.59. The van der Waals surface area contributed by atoms with Gasteiger partial charge in [-0.25, -0.2) is 9.97 Å². The molecule has 0 aromatic carbocycles. The number of hydrogen-bond acceptors (Lipinski definition) is 6. The quantitative estimate of drug-likeness (QED) is 0.737. The summed E-state index contributed by atoms with van der Waals surface area (Å²) in [7, 11) is 0. The van der Waals surface area contributed by atoms with Crippen molar-refractivity contribution in [2.45, 2.75) is 64.9 Å². The number of fused-ring (bicyclic) bond motifs is 5. The summed E-state index contributed by atoms with van der Waals surface area (Å²) in [6, 6.07) is 0. The summed E-state index contributed by atoms with van der Waals surface area (Å²) >= 11 is 1.73. The summed E-state index contributed by atoms with van der Waals surface area (Å²) in [5.74, 6) is 1.74. The number of nitrogens with two attached hydrogens (primary N) is 1. The van der Waals surface area contributed by atoms with Crippen LogP contribution in [0.15, 0.2) is 0 Å². The molecule has 3 aromatic heterocycles. The maximum absolute atomic E-state index is 5.99. The van der Waals surface area contributed by atoms with Crippen LogP contribution in [0.2, 0.25) is 0 Å². The average Bonchev–Trinajstić information content (AvgIpc) is 3.32. The van der Waals surface area contributed by atoms with E-state index in [-0.39, 0.29) is 5.60 Å². The zero-order valence-electron chi connectivity index (χ0n) is 16.1. The number of aromatic nitrogens is 4. The van der Waals surface area contributed by atoms with Crippen molar-refractivity contribution in [1.82, 2.24) is 19.6 Å². The molecule has 8 heteroatoms. The lowest BCUT2D eigenvalue weighted by Crippen LogP contribution is -2.84. The van der Waals surface area contributed by atoms with E-state index in [1.807, 2.05) is 11.4 Å². The van der Waals surface area contributed by atoms with Gasteiger partial charge in [0.25, 0.3) is 0 Å². The molecule has 0 amide bonds. The first-order valence-electron chi connectivity index (χ1n) is 9.74. The van der Waals surface area contributed by atoms with Crippen LogP contribution in [0.3, 0.4) is 0 Å². The molecule has 1 fully saturated rings. The van der Waals surface area contributed by atoms with Crippen LogP contribution in [0.1, 0.15) is 48.8 Å². The SMILES string of the molecule is Cc1nc2sc3c(c2c2nc(C[NH2+]C[C@@H]4CCCO4)nn12)CC(C)(C)OC3. The molecule has 0 unspecified atom stereocenters. The molecule has 0 bridgehead atoms. The van der Waals surface area contributed by atoms with Crippen molar-refractivity contribution in [2.75, 3.05) is 13.2 Å². The Morgan fingerprint density at radius 2 is 2.22 bits per heavy atom. The maximum atomic E-state index is 5.99. The van der Waals surface area contributed by atoms with Gasteiger partial charge in [0.2, 0.25) is 5.82 Å². The minimum atomic E-state index is -0.152. The van der Waals surface area contributed by atoms with Crippen LogP contribution in [0.4, 0.5) is 0 Å². The molecule has 1 atom stereocenters. The molecule has 2 aliphatic rings. The highest BCUT2D eigenvalue weighted by atomic mass is 32.1. The van der Waals surface area contributed by atoms with Gasteiger partial charge >= 0.3 is 0 Å². The van der Waals surface area contributed by atoms with Crippen molar-refractivity contribution in [3.63, 3.8) is 0 Å². The molecule has 7 nitrogen and oxygen atoms in total. The van der Waals surface area contributed by atoms with E-state index in [1.165, 1.54) is 16.9 Å². The number of quaternary nitrogens is 1. The zero-order valence-corrected chi connectivity index (χ0v) is 16.9. The van der Waals surface area contributed by atoms with Crippen molar-refractivity contribution in [3.8, 4) is 0 Å². The fourth-order valence-electron chi connectivity index (χ4n) is 4.10. The highest BCUT2D eigenvalue weighted by Crippen LogP contribution is 2.39. The van der Waals surface area contributed by atoms with Crippen LogP contribution in [0.5, 0.6) is 0 Å². The minimum absolute atomic E-state index is 0.152. The first kappa shape index (κ1) is 17.5. The second-order valence-corrected chi connectivity index (χ2v) is 9.28. The fraction of sp³-hybridized carbons (Fsp3) is 0.632. The second kappa shape index (κ2) is 6.48. The lowest BCUT2D eigenvalue weighted by molar-refractivity contribution is -0.677. The highest BCUT2D eigenvalue weighted by molar-refractivity contribution is 7.19. The Balaban J connectivity index is 1.50. The Hall–Kier alpha value is -1.61. The van der Waals surface area contributed by atoms with E-state index in [0.717, 1.165) is 60.1 Å². The summed E-state index contributed by atoms with van der Waals surface area (Å²) in [6.45, 7) is 9.59. The van der Waals surface area contributed by atoms with E-state index in [9.17, 15) is 0 Å². The maximum Gasteiger partial charge on any atom is 0.206 e. The summed E-state index contributed by atoms with van der Waals surface area (Å²) in [4.78, 5) is 12.0. The molecule has 1 saturated heterocycles. The number of hydrogen-bond donors (Lipinski definition) is 1. The molecule has 0 radical (unpaired) electrons. The first-order chi connectivity index (χ1) is 13.0. The summed E-state index contributed by atoms with van der Waals surface area (Å²) < 4.78 is 13.6. The van der Waals surface area contributed by atoms with E-state index < -0.39 is 0 Å². The smallest absolute Gasteiger partial charge is 0.206 e. The third kappa shape index (κ3) is 3.14. The van der Waals surface area contributed by atoms with Gasteiger partial charge in [-0.2, -0.15) is 4.52 Å². The molecular formula is C19H26N5O2S+. The van der Waals surface area contributed by atoms with Crippen LogP contribution >= 0.6 is 11.3 Å². The van der Waals surface area contributed by atoms with Crippen LogP contribution in [0, 0.1) is 6.92 Å². The van der Waals surface area contributed by atoms with Crippen LogP contribution in [-0.4, -0.2) is 44.4 Å². The normalized spacial score (nSPS) is 22.0. The lowest BCUT2D eigenvalue weighted by Gasteiger charge is -2.30. The van der Waals surface area contributed by atoms with Gasteiger partial charge in [-0.3, -0.25) is 0 Å². The van der Waals surface area contributed by atoms with Gasteiger partial charge in [-0.15, -0.1) is 16.4 Å². The monoisotopic (exact) mass is 388 g/mol. The Morgan fingerprint density at radius 3 is 3.04 bits per heavy atom. The van der Waals surface area contributed by atoms with E-state index in [1.54, 1.807) is 11.3 Å².